The van der Waals surface area contributed by atoms with Gasteiger partial charge in [0.05, 0.1) is 0 Å². The zero-order valence-corrected chi connectivity index (χ0v) is 12.4. The van der Waals surface area contributed by atoms with Crippen molar-refractivity contribution in [3.05, 3.63) is 0 Å². The highest BCUT2D eigenvalue weighted by Gasteiger charge is 2.39. The highest BCUT2D eigenvalue weighted by molar-refractivity contribution is 6.83. The summed E-state index contributed by atoms with van der Waals surface area (Å²) in [6.07, 6.45) is 1.51. The van der Waals surface area contributed by atoms with Crippen LogP contribution in [0.5, 0.6) is 0 Å². The van der Waals surface area contributed by atoms with E-state index in [-0.39, 0.29) is 12.1 Å². The lowest BCUT2D eigenvalue weighted by Gasteiger charge is -2.36. The summed E-state index contributed by atoms with van der Waals surface area (Å²) < 4.78 is 11.1. The Hall–Kier alpha value is -0.793. The van der Waals surface area contributed by atoms with E-state index in [1.807, 2.05) is 6.92 Å². The molecule has 0 aromatic carbocycles. The van der Waals surface area contributed by atoms with Crippen LogP contribution in [0.1, 0.15) is 26.7 Å². The van der Waals surface area contributed by atoms with Crippen LogP contribution >= 0.6 is 0 Å². The lowest BCUT2D eigenvalue weighted by Crippen LogP contribution is -2.47. The van der Waals surface area contributed by atoms with Crippen LogP contribution in [-0.4, -0.2) is 32.4 Å². The average molecular weight is 254 g/mol. The maximum Gasteiger partial charge on any atom is 0.303 e. The van der Waals surface area contributed by atoms with Crippen LogP contribution < -0.4 is 0 Å². The minimum atomic E-state index is -1.44. The maximum atomic E-state index is 11.1. The second-order valence-corrected chi connectivity index (χ2v) is 10.4. The second kappa shape index (κ2) is 5.24. The standard InChI is InChI=1S/C13H22O3Si/c1-11(14)16-12-7-6-9-15-13(12,2)8-10-17(3,4)5/h12H,6-7,9H2,1-5H3/t12-,13+/m0/s1. The summed E-state index contributed by atoms with van der Waals surface area (Å²) in [6, 6.07) is 0. The largest absolute Gasteiger partial charge is 0.458 e. The Morgan fingerprint density at radius 3 is 2.65 bits per heavy atom. The molecule has 0 saturated carbocycles. The average Bonchev–Trinajstić information content (AvgIpc) is 2.18. The molecule has 17 heavy (non-hydrogen) atoms. The molecule has 4 heteroatoms. The molecule has 0 amide bonds. The van der Waals surface area contributed by atoms with Crippen LogP contribution in [-0.2, 0) is 14.3 Å². The number of hydrogen-bond donors (Lipinski definition) is 0. The van der Waals surface area contributed by atoms with Crippen molar-refractivity contribution in [3.8, 4) is 11.5 Å². The fraction of sp³-hybridized carbons (Fsp3) is 0.769. The molecule has 0 radical (unpaired) electrons. The number of carbonyl (C=O) groups excluding carboxylic acids is 1. The molecule has 1 heterocycles. The molecule has 0 bridgehead atoms. The first-order chi connectivity index (χ1) is 7.73. The third-order valence-electron chi connectivity index (χ3n) is 2.62. The fourth-order valence-corrected chi connectivity index (χ4v) is 2.34. The molecule has 0 aromatic heterocycles. The summed E-state index contributed by atoms with van der Waals surface area (Å²) >= 11 is 0. The van der Waals surface area contributed by atoms with E-state index in [9.17, 15) is 4.79 Å². The van der Waals surface area contributed by atoms with Crippen LogP contribution in [0.4, 0.5) is 0 Å². The summed E-state index contributed by atoms with van der Waals surface area (Å²) in [6.45, 7) is 10.6. The number of esters is 1. The van der Waals surface area contributed by atoms with Gasteiger partial charge in [0, 0.05) is 13.5 Å². The van der Waals surface area contributed by atoms with Gasteiger partial charge in [-0.25, -0.2) is 0 Å². The van der Waals surface area contributed by atoms with E-state index in [1.165, 1.54) is 6.92 Å². The summed E-state index contributed by atoms with van der Waals surface area (Å²) in [7, 11) is -1.44. The molecular weight excluding hydrogens is 232 g/mol. The molecule has 2 atom stereocenters. The Labute approximate surface area is 105 Å². The van der Waals surface area contributed by atoms with Crippen molar-refractivity contribution in [2.24, 2.45) is 0 Å². The summed E-state index contributed by atoms with van der Waals surface area (Å²) in [5.41, 5.74) is 2.67. The second-order valence-electron chi connectivity index (χ2n) is 5.70. The van der Waals surface area contributed by atoms with Gasteiger partial charge in [-0.1, -0.05) is 25.6 Å². The van der Waals surface area contributed by atoms with E-state index in [4.69, 9.17) is 9.47 Å². The Balaban J connectivity index is 2.87. The topological polar surface area (TPSA) is 35.5 Å². The summed E-state index contributed by atoms with van der Waals surface area (Å²) in [5, 5.41) is 0. The molecule has 0 unspecified atom stereocenters. The highest BCUT2D eigenvalue weighted by atomic mass is 28.3. The quantitative estimate of drug-likeness (QED) is 0.409. The van der Waals surface area contributed by atoms with Crippen LogP contribution in [0, 0.1) is 11.5 Å². The van der Waals surface area contributed by atoms with Crippen molar-refractivity contribution in [2.45, 2.75) is 58.0 Å². The minimum Gasteiger partial charge on any atom is -0.458 e. The zero-order chi connectivity index (χ0) is 13.1. The van der Waals surface area contributed by atoms with Crippen molar-refractivity contribution in [3.63, 3.8) is 0 Å². The third-order valence-corrected chi connectivity index (χ3v) is 3.50. The van der Waals surface area contributed by atoms with Crippen LogP contribution in [0.25, 0.3) is 0 Å². The molecule has 0 aromatic rings. The Morgan fingerprint density at radius 2 is 2.12 bits per heavy atom. The normalized spacial score (nSPS) is 29.1. The smallest absolute Gasteiger partial charge is 0.303 e. The molecule has 3 nitrogen and oxygen atoms in total. The highest BCUT2D eigenvalue weighted by Crippen LogP contribution is 2.27. The van der Waals surface area contributed by atoms with Gasteiger partial charge in [0.25, 0.3) is 0 Å². The van der Waals surface area contributed by atoms with Crippen LogP contribution in [0.15, 0.2) is 0 Å². The van der Waals surface area contributed by atoms with E-state index in [2.05, 4.69) is 31.1 Å². The van der Waals surface area contributed by atoms with E-state index in [0.29, 0.717) is 6.61 Å². The molecule has 0 spiro atoms. The predicted octanol–water partition coefficient (Wildman–Crippen LogP) is 2.37. The van der Waals surface area contributed by atoms with Gasteiger partial charge in [0.15, 0.2) is 5.60 Å². The molecular formula is C13H22O3Si. The van der Waals surface area contributed by atoms with Crippen molar-refractivity contribution in [1.82, 2.24) is 0 Å². The molecule has 0 aliphatic carbocycles. The van der Waals surface area contributed by atoms with Gasteiger partial charge < -0.3 is 9.47 Å². The monoisotopic (exact) mass is 254 g/mol. The Kier molecular flexibility index (Phi) is 4.40. The minimum absolute atomic E-state index is 0.238. The number of rotatable bonds is 1. The van der Waals surface area contributed by atoms with Gasteiger partial charge in [-0.3, -0.25) is 4.79 Å². The molecule has 1 aliphatic heterocycles. The van der Waals surface area contributed by atoms with Crippen LogP contribution in [0.2, 0.25) is 19.6 Å². The van der Waals surface area contributed by atoms with Gasteiger partial charge in [-0.2, -0.15) is 0 Å². The Bertz CT molecular complexity index is 348. The molecule has 1 fully saturated rings. The van der Waals surface area contributed by atoms with E-state index >= 15 is 0 Å². The fourth-order valence-electron chi connectivity index (χ4n) is 1.72. The predicted molar refractivity (Wildman–Crippen MR) is 70.3 cm³/mol. The first-order valence-corrected chi connectivity index (χ1v) is 9.58. The van der Waals surface area contributed by atoms with Crippen molar-refractivity contribution in [2.75, 3.05) is 6.61 Å². The molecule has 0 N–H and O–H groups in total. The lowest BCUT2D eigenvalue weighted by atomic mass is 9.93. The SMILES string of the molecule is CC(=O)O[C@H]1CCCO[C@]1(C)C#C[Si](C)(C)C. The summed E-state index contributed by atoms with van der Waals surface area (Å²) in [5.74, 6) is 2.94. The van der Waals surface area contributed by atoms with E-state index < -0.39 is 13.7 Å². The van der Waals surface area contributed by atoms with Crippen molar-refractivity contribution >= 4 is 14.0 Å². The molecule has 1 aliphatic rings. The van der Waals surface area contributed by atoms with Gasteiger partial charge in [0.2, 0.25) is 0 Å². The van der Waals surface area contributed by atoms with Gasteiger partial charge >= 0.3 is 5.97 Å². The summed E-state index contributed by atoms with van der Waals surface area (Å²) in [4.78, 5) is 11.1. The maximum absolute atomic E-state index is 11.1. The van der Waals surface area contributed by atoms with E-state index in [0.717, 1.165) is 12.8 Å². The molecule has 96 valence electrons. The Morgan fingerprint density at radius 1 is 1.47 bits per heavy atom. The lowest BCUT2D eigenvalue weighted by molar-refractivity contribution is -0.169. The molecule has 1 rings (SSSR count). The molecule has 1 saturated heterocycles. The van der Waals surface area contributed by atoms with Crippen molar-refractivity contribution < 1.29 is 14.3 Å². The van der Waals surface area contributed by atoms with Gasteiger partial charge in [-0.05, 0) is 19.8 Å². The first-order valence-electron chi connectivity index (χ1n) is 6.08. The van der Waals surface area contributed by atoms with Crippen LogP contribution in [0.3, 0.4) is 0 Å². The third kappa shape index (κ3) is 4.53. The number of hydrogen-bond acceptors (Lipinski definition) is 3. The number of carbonyl (C=O) groups is 1. The van der Waals surface area contributed by atoms with E-state index in [1.54, 1.807) is 0 Å². The first kappa shape index (κ1) is 14.3. The van der Waals surface area contributed by atoms with Gasteiger partial charge in [-0.15, -0.1) is 5.54 Å². The number of ether oxygens (including phenoxy) is 2. The van der Waals surface area contributed by atoms with Crippen molar-refractivity contribution in [1.29, 1.82) is 0 Å². The zero-order valence-electron chi connectivity index (χ0n) is 11.4. The van der Waals surface area contributed by atoms with Gasteiger partial charge in [0.1, 0.15) is 14.2 Å².